The molecule has 0 spiro atoms. The molecular formula is C12H13ClOS2. The third-order valence-corrected chi connectivity index (χ3v) is 5.01. The summed E-state index contributed by atoms with van der Waals surface area (Å²) < 4.78 is 0. The van der Waals surface area contributed by atoms with Crippen LogP contribution in [0, 0.1) is 0 Å². The molecule has 1 N–H and O–H groups in total. The van der Waals surface area contributed by atoms with Crippen LogP contribution in [0.2, 0.25) is 5.02 Å². The van der Waals surface area contributed by atoms with Crippen molar-refractivity contribution in [1.82, 2.24) is 0 Å². The summed E-state index contributed by atoms with van der Waals surface area (Å²) in [5, 5.41) is 12.6. The van der Waals surface area contributed by atoms with Crippen LogP contribution in [-0.2, 0) is 12.8 Å². The minimum Gasteiger partial charge on any atom is -0.387 e. The molecule has 4 heteroatoms. The molecule has 0 aromatic carbocycles. The standard InChI is InChI=1S/C12H13ClOS2/c1-2-9-3-4-10(16-9)6-11(14)12-5-8(13)7-15-12/h3-5,7,11,14H,2,6H2,1H3. The lowest BCUT2D eigenvalue weighted by atomic mass is 10.2. The lowest BCUT2D eigenvalue weighted by Gasteiger charge is -2.05. The molecule has 1 nitrogen and oxygen atoms in total. The molecule has 1 unspecified atom stereocenters. The van der Waals surface area contributed by atoms with Crippen LogP contribution in [0.15, 0.2) is 23.6 Å². The largest absolute Gasteiger partial charge is 0.387 e. The first-order valence-electron chi connectivity index (χ1n) is 5.18. The Labute approximate surface area is 108 Å². The van der Waals surface area contributed by atoms with Crippen molar-refractivity contribution in [2.45, 2.75) is 25.9 Å². The van der Waals surface area contributed by atoms with Crippen LogP contribution in [-0.4, -0.2) is 5.11 Å². The van der Waals surface area contributed by atoms with Gasteiger partial charge in [-0.3, -0.25) is 0 Å². The topological polar surface area (TPSA) is 20.2 Å². The van der Waals surface area contributed by atoms with Gasteiger partial charge < -0.3 is 5.11 Å². The summed E-state index contributed by atoms with van der Waals surface area (Å²) in [6.45, 7) is 2.14. The van der Waals surface area contributed by atoms with Crippen molar-refractivity contribution in [3.63, 3.8) is 0 Å². The fraction of sp³-hybridized carbons (Fsp3) is 0.333. The zero-order chi connectivity index (χ0) is 11.5. The molecule has 2 rings (SSSR count). The van der Waals surface area contributed by atoms with Crippen LogP contribution in [0.5, 0.6) is 0 Å². The molecule has 0 aliphatic carbocycles. The molecule has 86 valence electrons. The summed E-state index contributed by atoms with van der Waals surface area (Å²) in [6.07, 6.45) is 1.31. The van der Waals surface area contributed by atoms with E-state index in [4.69, 9.17) is 11.6 Å². The van der Waals surface area contributed by atoms with E-state index in [0.717, 1.165) is 11.3 Å². The molecule has 0 aliphatic heterocycles. The third-order valence-electron chi connectivity index (χ3n) is 2.38. The van der Waals surface area contributed by atoms with Crippen molar-refractivity contribution in [3.05, 3.63) is 43.2 Å². The fourth-order valence-corrected chi connectivity index (χ4v) is 3.58. The summed E-state index contributed by atoms with van der Waals surface area (Å²) in [6, 6.07) is 6.07. The van der Waals surface area contributed by atoms with E-state index in [1.807, 2.05) is 11.4 Å². The predicted molar refractivity (Wildman–Crippen MR) is 71.7 cm³/mol. The fourth-order valence-electron chi connectivity index (χ4n) is 1.52. The Balaban J connectivity index is 2.04. The van der Waals surface area contributed by atoms with E-state index >= 15 is 0 Å². The Hall–Kier alpha value is -0.350. The maximum Gasteiger partial charge on any atom is 0.0930 e. The van der Waals surface area contributed by atoms with Crippen molar-refractivity contribution >= 4 is 34.3 Å². The molecule has 0 bridgehead atoms. The number of hydrogen-bond acceptors (Lipinski definition) is 3. The highest BCUT2D eigenvalue weighted by atomic mass is 35.5. The van der Waals surface area contributed by atoms with Crippen LogP contribution in [0.3, 0.4) is 0 Å². The van der Waals surface area contributed by atoms with Crippen LogP contribution in [0.1, 0.15) is 27.7 Å². The number of rotatable bonds is 4. The lowest BCUT2D eigenvalue weighted by Crippen LogP contribution is -1.97. The van der Waals surface area contributed by atoms with Gasteiger partial charge in [0.1, 0.15) is 0 Å². The Bertz CT molecular complexity index is 461. The zero-order valence-corrected chi connectivity index (χ0v) is 11.3. The monoisotopic (exact) mass is 272 g/mol. The van der Waals surface area contributed by atoms with Gasteiger partial charge in [-0.2, -0.15) is 0 Å². The first kappa shape index (κ1) is 12.1. The van der Waals surface area contributed by atoms with Crippen molar-refractivity contribution in [1.29, 1.82) is 0 Å². The zero-order valence-electron chi connectivity index (χ0n) is 8.94. The van der Waals surface area contributed by atoms with Gasteiger partial charge in [0.15, 0.2) is 0 Å². The number of thiophene rings is 2. The van der Waals surface area contributed by atoms with Gasteiger partial charge in [-0.25, -0.2) is 0 Å². The minimum atomic E-state index is -0.430. The van der Waals surface area contributed by atoms with Gasteiger partial charge in [0.2, 0.25) is 0 Å². The molecule has 2 aromatic heterocycles. The minimum absolute atomic E-state index is 0.430. The molecule has 2 aromatic rings. The Morgan fingerprint density at radius 2 is 2.12 bits per heavy atom. The molecular weight excluding hydrogens is 260 g/mol. The Kier molecular flexibility index (Phi) is 4.03. The second-order valence-corrected chi connectivity index (χ2v) is 6.24. The summed E-state index contributed by atoms with van der Waals surface area (Å²) in [5.41, 5.74) is 0. The lowest BCUT2D eigenvalue weighted by molar-refractivity contribution is 0.183. The Morgan fingerprint density at radius 3 is 2.69 bits per heavy atom. The first-order chi connectivity index (χ1) is 7.69. The van der Waals surface area contributed by atoms with Crippen LogP contribution in [0.25, 0.3) is 0 Å². The van der Waals surface area contributed by atoms with E-state index in [0.29, 0.717) is 11.4 Å². The summed E-state index contributed by atoms with van der Waals surface area (Å²) in [7, 11) is 0. The molecule has 0 saturated carbocycles. The molecule has 1 atom stereocenters. The molecule has 0 radical (unpaired) electrons. The second kappa shape index (κ2) is 5.32. The number of aryl methyl sites for hydroxylation is 1. The van der Waals surface area contributed by atoms with Gasteiger partial charge in [-0.1, -0.05) is 18.5 Å². The molecule has 0 fully saturated rings. The number of hydrogen-bond donors (Lipinski definition) is 1. The van der Waals surface area contributed by atoms with Gasteiger partial charge in [-0.15, -0.1) is 22.7 Å². The summed E-state index contributed by atoms with van der Waals surface area (Å²) in [5.74, 6) is 0. The summed E-state index contributed by atoms with van der Waals surface area (Å²) in [4.78, 5) is 3.54. The van der Waals surface area contributed by atoms with E-state index in [1.54, 1.807) is 11.3 Å². The molecule has 16 heavy (non-hydrogen) atoms. The average molecular weight is 273 g/mol. The van der Waals surface area contributed by atoms with Crippen LogP contribution < -0.4 is 0 Å². The highest BCUT2D eigenvalue weighted by Gasteiger charge is 2.12. The normalized spacial score (nSPS) is 12.9. The maximum absolute atomic E-state index is 10.0. The van der Waals surface area contributed by atoms with Gasteiger partial charge in [0.05, 0.1) is 11.1 Å². The molecule has 2 heterocycles. The number of aliphatic hydroxyl groups is 1. The van der Waals surface area contributed by atoms with Gasteiger partial charge >= 0.3 is 0 Å². The highest BCUT2D eigenvalue weighted by Crippen LogP contribution is 2.29. The smallest absolute Gasteiger partial charge is 0.0930 e. The first-order valence-corrected chi connectivity index (χ1v) is 7.26. The van der Waals surface area contributed by atoms with Gasteiger partial charge in [0, 0.05) is 26.4 Å². The molecule has 0 amide bonds. The van der Waals surface area contributed by atoms with Crippen molar-refractivity contribution in [2.75, 3.05) is 0 Å². The SMILES string of the molecule is CCc1ccc(CC(O)c2cc(Cl)cs2)s1. The molecule has 0 aliphatic rings. The maximum atomic E-state index is 10.0. The number of halogens is 1. The van der Waals surface area contributed by atoms with Crippen molar-refractivity contribution < 1.29 is 5.11 Å². The summed E-state index contributed by atoms with van der Waals surface area (Å²) >= 11 is 9.12. The molecule has 0 saturated heterocycles. The van der Waals surface area contributed by atoms with Gasteiger partial charge in [-0.05, 0) is 24.6 Å². The Morgan fingerprint density at radius 1 is 1.38 bits per heavy atom. The van der Waals surface area contributed by atoms with Gasteiger partial charge in [0.25, 0.3) is 0 Å². The highest BCUT2D eigenvalue weighted by molar-refractivity contribution is 7.12. The predicted octanol–water partition coefficient (Wildman–Crippen LogP) is 4.30. The average Bonchev–Trinajstić information content (AvgIpc) is 2.87. The quantitative estimate of drug-likeness (QED) is 0.880. The van der Waals surface area contributed by atoms with E-state index < -0.39 is 6.10 Å². The van der Waals surface area contributed by atoms with E-state index in [-0.39, 0.29) is 0 Å². The second-order valence-electron chi connectivity index (χ2n) is 3.61. The third kappa shape index (κ3) is 2.86. The van der Waals surface area contributed by atoms with Crippen LogP contribution in [0.4, 0.5) is 0 Å². The van der Waals surface area contributed by atoms with E-state index in [2.05, 4.69) is 19.1 Å². The number of aliphatic hydroxyl groups excluding tert-OH is 1. The van der Waals surface area contributed by atoms with E-state index in [1.165, 1.54) is 21.1 Å². The van der Waals surface area contributed by atoms with Crippen molar-refractivity contribution in [2.24, 2.45) is 0 Å². The van der Waals surface area contributed by atoms with Crippen molar-refractivity contribution in [3.8, 4) is 0 Å². The van der Waals surface area contributed by atoms with Crippen LogP contribution >= 0.6 is 34.3 Å². The van der Waals surface area contributed by atoms with E-state index in [9.17, 15) is 5.11 Å².